The molecule has 0 saturated heterocycles. The van der Waals surface area contributed by atoms with Crippen LogP contribution >= 0.6 is 0 Å². The summed E-state index contributed by atoms with van der Waals surface area (Å²) in [4.78, 5) is 0. The number of likely N-dealkylation sites (N-methyl/N-ethyl adjacent to an activating group) is 1. The summed E-state index contributed by atoms with van der Waals surface area (Å²) >= 11 is 0. The Morgan fingerprint density at radius 1 is 1.30 bits per heavy atom. The van der Waals surface area contributed by atoms with Gasteiger partial charge in [0.25, 0.3) is 0 Å². The minimum absolute atomic E-state index is 0.191. The zero-order chi connectivity index (χ0) is 14.7. The van der Waals surface area contributed by atoms with Crippen LogP contribution in [0.2, 0.25) is 0 Å². The Bertz CT molecular complexity index is 455. The molecule has 1 aliphatic rings. The maximum absolute atomic E-state index is 6.02. The SMILES string of the molecule is CCOC(C1CC1)C(NC)c1ccc(C)c(C)c1OC. The van der Waals surface area contributed by atoms with Crippen LogP contribution in [-0.2, 0) is 4.74 Å². The van der Waals surface area contributed by atoms with Crippen LogP contribution in [0.15, 0.2) is 12.1 Å². The number of benzene rings is 1. The maximum atomic E-state index is 6.02. The lowest BCUT2D eigenvalue weighted by Crippen LogP contribution is -2.34. The quantitative estimate of drug-likeness (QED) is 0.828. The van der Waals surface area contributed by atoms with E-state index in [4.69, 9.17) is 9.47 Å². The molecule has 0 amide bonds. The lowest BCUT2D eigenvalue weighted by Gasteiger charge is -2.29. The van der Waals surface area contributed by atoms with E-state index < -0.39 is 0 Å². The third kappa shape index (κ3) is 2.99. The van der Waals surface area contributed by atoms with Crippen LogP contribution in [0.5, 0.6) is 5.75 Å². The molecule has 2 atom stereocenters. The third-order valence-electron chi connectivity index (χ3n) is 4.33. The Hall–Kier alpha value is -1.06. The molecular formula is C17H27NO2. The predicted octanol–water partition coefficient (Wildman–Crippen LogP) is 3.39. The second kappa shape index (κ2) is 6.59. The van der Waals surface area contributed by atoms with Crippen molar-refractivity contribution in [1.82, 2.24) is 5.32 Å². The molecule has 2 rings (SSSR count). The van der Waals surface area contributed by atoms with Crippen molar-refractivity contribution in [1.29, 1.82) is 0 Å². The first-order valence-corrected chi connectivity index (χ1v) is 7.57. The first-order chi connectivity index (χ1) is 9.63. The van der Waals surface area contributed by atoms with Gasteiger partial charge in [-0.3, -0.25) is 0 Å². The second-order valence-corrected chi connectivity index (χ2v) is 5.65. The molecule has 1 N–H and O–H groups in total. The van der Waals surface area contributed by atoms with Crippen LogP contribution in [0.4, 0.5) is 0 Å². The van der Waals surface area contributed by atoms with Gasteiger partial charge in [0, 0.05) is 12.2 Å². The average molecular weight is 277 g/mol. The van der Waals surface area contributed by atoms with Crippen LogP contribution in [0.1, 0.15) is 42.5 Å². The van der Waals surface area contributed by atoms with Crippen LogP contribution in [0, 0.1) is 19.8 Å². The van der Waals surface area contributed by atoms with Crippen molar-refractivity contribution >= 4 is 0 Å². The Kier molecular flexibility index (Phi) is 5.06. The number of nitrogens with one attached hydrogen (secondary N) is 1. The Morgan fingerprint density at radius 2 is 2.00 bits per heavy atom. The number of hydrogen-bond acceptors (Lipinski definition) is 3. The van der Waals surface area contributed by atoms with Gasteiger partial charge in [0.2, 0.25) is 0 Å². The van der Waals surface area contributed by atoms with Gasteiger partial charge >= 0.3 is 0 Å². The summed E-state index contributed by atoms with van der Waals surface area (Å²) in [6.45, 7) is 7.07. The number of hydrogen-bond donors (Lipinski definition) is 1. The Morgan fingerprint density at radius 3 is 2.50 bits per heavy atom. The molecule has 20 heavy (non-hydrogen) atoms. The van der Waals surface area contributed by atoms with E-state index in [1.807, 2.05) is 7.05 Å². The molecule has 1 aromatic rings. The van der Waals surface area contributed by atoms with Crippen LogP contribution < -0.4 is 10.1 Å². The van der Waals surface area contributed by atoms with E-state index in [1.165, 1.54) is 29.5 Å². The van der Waals surface area contributed by atoms with Crippen molar-refractivity contribution in [3.8, 4) is 5.75 Å². The fraction of sp³-hybridized carbons (Fsp3) is 0.647. The van der Waals surface area contributed by atoms with Crippen LogP contribution in [0.25, 0.3) is 0 Å². The van der Waals surface area contributed by atoms with Gasteiger partial charge in [-0.25, -0.2) is 0 Å². The van der Waals surface area contributed by atoms with Crippen molar-refractivity contribution in [2.75, 3.05) is 20.8 Å². The summed E-state index contributed by atoms with van der Waals surface area (Å²) in [5.74, 6) is 1.67. The number of methoxy groups -OCH3 is 1. The van der Waals surface area contributed by atoms with E-state index in [9.17, 15) is 0 Å². The molecular weight excluding hydrogens is 250 g/mol. The topological polar surface area (TPSA) is 30.5 Å². The number of ether oxygens (including phenoxy) is 2. The van der Waals surface area contributed by atoms with Gasteiger partial charge in [-0.2, -0.15) is 0 Å². The highest BCUT2D eigenvalue weighted by atomic mass is 16.5. The average Bonchev–Trinajstić information content (AvgIpc) is 3.27. The predicted molar refractivity (Wildman–Crippen MR) is 82.4 cm³/mol. The molecule has 112 valence electrons. The van der Waals surface area contributed by atoms with Crippen molar-refractivity contribution < 1.29 is 9.47 Å². The van der Waals surface area contributed by atoms with E-state index in [1.54, 1.807) is 7.11 Å². The van der Waals surface area contributed by atoms with Gasteiger partial charge in [0.1, 0.15) is 5.75 Å². The monoisotopic (exact) mass is 277 g/mol. The minimum atomic E-state index is 0.191. The Labute approximate surface area is 122 Å². The van der Waals surface area contributed by atoms with Crippen LogP contribution in [-0.4, -0.2) is 26.9 Å². The maximum Gasteiger partial charge on any atom is 0.126 e. The zero-order valence-electron chi connectivity index (χ0n) is 13.3. The largest absolute Gasteiger partial charge is 0.496 e. The van der Waals surface area contributed by atoms with Crippen molar-refractivity contribution in [2.45, 2.75) is 45.8 Å². The minimum Gasteiger partial charge on any atom is -0.496 e. The van der Waals surface area contributed by atoms with E-state index >= 15 is 0 Å². The van der Waals surface area contributed by atoms with E-state index in [2.05, 4.69) is 38.2 Å². The molecule has 0 radical (unpaired) electrons. The molecule has 1 aliphatic carbocycles. The van der Waals surface area contributed by atoms with E-state index in [0.717, 1.165) is 12.4 Å². The molecule has 3 heteroatoms. The molecule has 0 heterocycles. The van der Waals surface area contributed by atoms with E-state index in [0.29, 0.717) is 5.92 Å². The van der Waals surface area contributed by atoms with Gasteiger partial charge < -0.3 is 14.8 Å². The summed E-state index contributed by atoms with van der Waals surface area (Å²) in [6, 6.07) is 4.54. The molecule has 3 nitrogen and oxygen atoms in total. The van der Waals surface area contributed by atoms with Gasteiger partial charge in [0.05, 0.1) is 19.3 Å². The van der Waals surface area contributed by atoms with Crippen LogP contribution in [0.3, 0.4) is 0 Å². The van der Waals surface area contributed by atoms with Gasteiger partial charge in [-0.15, -0.1) is 0 Å². The van der Waals surface area contributed by atoms with Crippen molar-refractivity contribution in [2.24, 2.45) is 5.92 Å². The standard InChI is InChI=1S/C17H27NO2/c1-6-20-17(13-8-9-13)15(18-4)14-10-7-11(2)12(3)16(14)19-5/h7,10,13,15,17-18H,6,8-9H2,1-5H3. The highest BCUT2D eigenvalue weighted by Gasteiger charge is 2.38. The van der Waals surface area contributed by atoms with Gasteiger partial charge in [0.15, 0.2) is 0 Å². The summed E-state index contributed by atoms with van der Waals surface area (Å²) in [5, 5.41) is 3.44. The zero-order valence-corrected chi connectivity index (χ0v) is 13.3. The Balaban J connectivity index is 2.37. The summed E-state index contributed by atoms with van der Waals surface area (Å²) in [7, 11) is 3.76. The molecule has 0 aliphatic heterocycles. The highest BCUT2D eigenvalue weighted by molar-refractivity contribution is 5.47. The molecule has 0 spiro atoms. The molecule has 0 aromatic heterocycles. The van der Waals surface area contributed by atoms with Gasteiger partial charge in [-0.1, -0.05) is 12.1 Å². The summed E-state index contributed by atoms with van der Waals surface area (Å²) in [6.07, 6.45) is 2.78. The normalized spacial score (nSPS) is 17.9. The number of rotatable bonds is 7. The highest BCUT2D eigenvalue weighted by Crippen LogP contribution is 2.42. The summed E-state index contributed by atoms with van der Waals surface area (Å²) in [5.41, 5.74) is 3.69. The lowest BCUT2D eigenvalue weighted by atomic mass is 9.93. The first-order valence-electron chi connectivity index (χ1n) is 7.57. The lowest BCUT2D eigenvalue weighted by molar-refractivity contribution is 0.0199. The van der Waals surface area contributed by atoms with Crippen molar-refractivity contribution in [3.05, 3.63) is 28.8 Å². The second-order valence-electron chi connectivity index (χ2n) is 5.65. The molecule has 1 aromatic carbocycles. The molecule has 1 fully saturated rings. The summed E-state index contributed by atoms with van der Waals surface area (Å²) < 4.78 is 11.7. The fourth-order valence-electron chi connectivity index (χ4n) is 2.95. The smallest absolute Gasteiger partial charge is 0.126 e. The van der Waals surface area contributed by atoms with Crippen molar-refractivity contribution in [3.63, 3.8) is 0 Å². The number of aryl methyl sites for hydroxylation is 1. The molecule has 1 saturated carbocycles. The molecule has 2 unspecified atom stereocenters. The fourth-order valence-corrected chi connectivity index (χ4v) is 2.95. The first kappa shape index (κ1) is 15.3. The van der Waals surface area contributed by atoms with Gasteiger partial charge in [-0.05, 0) is 57.7 Å². The van der Waals surface area contributed by atoms with E-state index in [-0.39, 0.29) is 12.1 Å². The third-order valence-corrected chi connectivity index (χ3v) is 4.33. The molecule has 0 bridgehead atoms.